The van der Waals surface area contributed by atoms with E-state index < -0.39 is 0 Å². The van der Waals surface area contributed by atoms with Crippen molar-refractivity contribution in [3.8, 4) is 11.5 Å². The van der Waals surface area contributed by atoms with Crippen LogP contribution < -0.4 is 9.64 Å². The number of aromatic nitrogens is 1. The number of H-pyrrole nitrogens is 1. The molecule has 1 saturated heterocycles. The maximum atomic E-state index is 12.8. The summed E-state index contributed by atoms with van der Waals surface area (Å²) >= 11 is 6.18. The minimum atomic E-state index is -0.380. The topological polar surface area (TPSA) is 57.8 Å². The Morgan fingerprint density at radius 3 is 2.50 bits per heavy atom. The summed E-state index contributed by atoms with van der Waals surface area (Å²) in [6.07, 6.45) is 4.10. The lowest BCUT2D eigenvalue weighted by atomic mass is 9.88. The number of ether oxygens (including phenoxy) is 2. The molecule has 1 aliphatic heterocycles. The SMILES string of the molecule is CCOC(=O)c1ccc(N2CCN(CC3=C(c4ccc(Cl)cc4)CC(C)(C)C3)CC2)cc1Oc1cccc2[nH]ccc12. The molecular formula is C35H38ClN3O3. The lowest BCUT2D eigenvalue weighted by molar-refractivity contribution is 0.0523. The molecular weight excluding hydrogens is 546 g/mol. The van der Waals surface area contributed by atoms with Crippen LogP contribution in [0.15, 0.2) is 78.5 Å². The fourth-order valence-corrected chi connectivity index (χ4v) is 6.45. The molecule has 0 bridgehead atoms. The van der Waals surface area contributed by atoms with E-state index >= 15 is 0 Å². The van der Waals surface area contributed by atoms with Crippen LogP contribution in [0.4, 0.5) is 5.69 Å². The van der Waals surface area contributed by atoms with Gasteiger partial charge in [-0.3, -0.25) is 4.90 Å². The molecule has 2 aliphatic rings. The third kappa shape index (κ3) is 6.06. The largest absolute Gasteiger partial charge is 0.462 e. The smallest absolute Gasteiger partial charge is 0.341 e. The minimum Gasteiger partial charge on any atom is -0.462 e. The Balaban J connectivity index is 1.19. The van der Waals surface area contributed by atoms with Gasteiger partial charge in [0, 0.05) is 66.6 Å². The molecule has 0 radical (unpaired) electrons. The van der Waals surface area contributed by atoms with Crippen molar-refractivity contribution >= 4 is 39.7 Å². The van der Waals surface area contributed by atoms with E-state index in [1.165, 1.54) is 11.1 Å². The Morgan fingerprint density at radius 1 is 0.952 bits per heavy atom. The molecule has 6 rings (SSSR count). The zero-order valence-corrected chi connectivity index (χ0v) is 25.3. The molecule has 0 unspecified atom stereocenters. The van der Waals surface area contributed by atoms with Gasteiger partial charge in [-0.15, -0.1) is 0 Å². The Bertz CT molecular complexity index is 1610. The number of carbonyl (C=O) groups excluding carboxylic acids is 1. The van der Waals surface area contributed by atoms with E-state index in [-0.39, 0.29) is 11.4 Å². The van der Waals surface area contributed by atoms with Crippen LogP contribution in [0.1, 0.15) is 49.5 Å². The molecule has 7 heteroatoms. The first-order valence-electron chi connectivity index (χ1n) is 14.8. The quantitative estimate of drug-likeness (QED) is 0.212. The van der Waals surface area contributed by atoms with Gasteiger partial charge in [0.2, 0.25) is 0 Å². The number of allylic oxidation sites excluding steroid dienone is 1. The van der Waals surface area contributed by atoms with Gasteiger partial charge in [0.25, 0.3) is 0 Å². The van der Waals surface area contributed by atoms with Gasteiger partial charge in [-0.25, -0.2) is 4.79 Å². The minimum absolute atomic E-state index is 0.272. The molecule has 6 nitrogen and oxygen atoms in total. The van der Waals surface area contributed by atoms with Crippen molar-refractivity contribution in [3.63, 3.8) is 0 Å². The van der Waals surface area contributed by atoms with Crippen molar-refractivity contribution in [2.75, 3.05) is 44.2 Å². The number of fused-ring (bicyclic) bond motifs is 1. The zero-order chi connectivity index (χ0) is 29.3. The fraction of sp³-hybridized carbons (Fsp3) is 0.343. The van der Waals surface area contributed by atoms with Crippen LogP contribution in [-0.2, 0) is 4.74 Å². The van der Waals surface area contributed by atoms with Gasteiger partial charge in [0.1, 0.15) is 17.1 Å². The van der Waals surface area contributed by atoms with Gasteiger partial charge in [-0.2, -0.15) is 0 Å². The predicted octanol–water partition coefficient (Wildman–Crippen LogP) is 8.19. The summed E-state index contributed by atoms with van der Waals surface area (Å²) in [7, 11) is 0. The number of aromatic amines is 1. The molecule has 218 valence electrons. The number of carbonyl (C=O) groups is 1. The highest BCUT2D eigenvalue weighted by molar-refractivity contribution is 6.30. The number of nitrogens with zero attached hydrogens (tertiary/aromatic N) is 2. The highest BCUT2D eigenvalue weighted by atomic mass is 35.5. The van der Waals surface area contributed by atoms with Crippen LogP contribution in [0.25, 0.3) is 16.5 Å². The molecule has 0 spiro atoms. The fourth-order valence-electron chi connectivity index (χ4n) is 6.33. The van der Waals surface area contributed by atoms with E-state index in [4.69, 9.17) is 21.1 Å². The summed E-state index contributed by atoms with van der Waals surface area (Å²) in [6.45, 7) is 11.6. The first-order valence-corrected chi connectivity index (χ1v) is 15.2. The number of piperazine rings is 1. The Kier molecular flexibility index (Phi) is 8.02. The number of halogens is 1. The summed E-state index contributed by atoms with van der Waals surface area (Å²) in [4.78, 5) is 21.0. The average molecular weight is 584 g/mol. The third-order valence-corrected chi connectivity index (χ3v) is 8.61. The maximum Gasteiger partial charge on any atom is 0.341 e. The molecule has 0 amide bonds. The van der Waals surface area contributed by atoms with E-state index in [2.05, 4.69) is 40.8 Å². The molecule has 1 aliphatic carbocycles. The summed E-state index contributed by atoms with van der Waals surface area (Å²) in [5, 5.41) is 1.74. The van der Waals surface area contributed by atoms with Gasteiger partial charge >= 0.3 is 5.97 Å². The van der Waals surface area contributed by atoms with Crippen LogP contribution in [0.5, 0.6) is 11.5 Å². The van der Waals surface area contributed by atoms with Crippen molar-refractivity contribution in [1.82, 2.24) is 9.88 Å². The summed E-state index contributed by atoms with van der Waals surface area (Å²) in [5.74, 6) is 0.827. The van der Waals surface area contributed by atoms with Crippen LogP contribution in [-0.4, -0.2) is 55.2 Å². The lowest BCUT2D eigenvalue weighted by Gasteiger charge is -2.37. The zero-order valence-electron chi connectivity index (χ0n) is 24.6. The summed E-state index contributed by atoms with van der Waals surface area (Å²) in [5.41, 5.74) is 7.05. The molecule has 1 N–H and O–H groups in total. The van der Waals surface area contributed by atoms with Crippen LogP contribution in [0.2, 0.25) is 5.02 Å². The van der Waals surface area contributed by atoms with E-state index in [0.29, 0.717) is 23.7 Å². The number of rotatable bonds is 8. The monoisotopic (exact) mass is 583 g/mol. The number of benzene rings is 3. The first kappa shape index (κ1) is 28.4. The lowest BCUT2D eigenvalue weighted by Crippen LogP contribution is -2.47. The second-order valence-electron chi connectivity index (χ2n) is 12.1. The summed E-state index contributed by atoms with van der Waals surface area (Å²) < 4.78 is 11.7. The van der Waals surface area contributed by atoms with Gasteiger partial charge in [0.15, 0.2) is 0 Å². The van der Waals surface area contributed by atoms with Gasteiger partial charge in [-0.05, 0) is 78.8 Å². The Hall–Kier alpha value is -3.74. The number of anilines is 1. The van der Waals surface area contributed by atoms with Crippen LogP contribution in [0.3, 0.4) is 0 Å². The standard InChI is InChI=1S/C35H38ClN3O3/c1-4-41-34(40)29-13-12-27(20-33(29)42-32-7-5-6-31-28(32)14-15-37-31)39-18-16-38(17-19-39)23-25-21-35(2,3)22-30(25)24-8-10-26(36)11-9-24/h5-15,20,37H,4,16-19,21-23H2,1-3H3. The Morgan fingerprint density at radius 2 is 1.74 bits per heavy atom. The third-order valence-electron chi connectivity index (χ3n) is 8.35. The molecule has 0 saturated carbocycles. The van der Waals surface area contributed by atoms with Crippen molar-refractivity contribution in [2.24, 2.45) is 5.41 Å². The number of esters is 1. The predicted molar refractivity (Wildman–Crippen MR) is 171 cm³/mol. The van der Waals surface area contributed by atoms with Crippen molar-refractivity contribution in [2.45, 2.75) is 33.6 Å². The molecule has 0 atom stereocenters. The van der Waals surface area contributed by atoms with Crippen LogP contribution in [0, 0.1) is 5.41 Å². The van der Waals surface area contributed by atoms with E-state index in [9.17, 15) is 4.79 Å². The molecule has 42 heavy (non-hydrogen) atoms. The molecule has 4 aromatic rings. The van der Waals surface area contributed by atoms with Crippen molar-refractivity contribution < 1.29 is 14.3 Å². The highest BCUT2D eigenvalue weighted by Gasteiger charge is 2.32. The number of hydrogen-bond acceptors (Lipinski definition) is 5. The van der Waals surface area contributed by atoms with E-state index in [1.54, 1.807) is 5.57 Å². The summed E-state index contributed by atoms with van der Waals surface area (Å²) in [6, 6.07) is 22.0. The van der Waals surface area contributed by atoms with Crippen LogP contribution >= 0.6 is 11.6 Å². The number of hydrogen-bond donors (Lipinski definition) is 1. The van der Waals surface area contributed by atoms with Gasteiger partial charge in [0.05, 0.1) is 6.61 Å². The highest BCUT2D eigenvalue weighted by Crippen LogP contribution is 2.46. The molecule has 3 aromatic carbocycles. The normalized spacial score (nSPS) is 17.2. The average Bonchev–Trinajstić information content (AvgIpc) is 3.58. The number of nitrogens with one attached hydrogen (secondary N) is 1. The molecule has 1 fully saturated rings. The van der Waals surface area contributed by atoms with E-state index in [1.807, 2.05) is 67.7 Å². The first-order chi connectivity index (χ1) is 20.3. The van der Waals surface area contributed by atoms with Gasteiger partial charge < -0.3 is 19.4 Å². The molecule has 2 heterocycles. The van der Waals surface area contributed by atoms with Crippen molar-refractivity contribution in [1.29, 1.82) is 0 Å². The van der Waals surface area contributed by atoms with E-state index in [0.717, 1.165) is 67.2 Å². The Labute approximate surface area is 252 Å². The second kappa shape index (κ2) is 11.9. The van der Waals surface area contributed by atoms with Crippen molar-refractivity contribution in [3.05, 3.63) is 94.6 Å². The molecule has 1 aromatic heterocycles. The maximum absolute atomic E-state index is 12.8. The van der Waals surface area contributed by atoms with Gasteiger partial charge in [-0.1, -0.05) is 49.2 Å². The second-order valence-corrected chi connectivity index (χ2v) is 12.5.